The molecule has 0 unspecified atom stereocenters. The molecule has 0 bridgehead atoms. The lowest BCUT2D eigenvalue weighted by molar-refractivity contribution is 0.776. The lowest BCUT2D eigenvalue weighted by Gasteiger charge is -1.98. The predicted octanol–water partition coefficient (Wildman–Crippen LogP) is 3.86. The fourth-order valence-corrected chi connectivity index (χ4v) is 3.54. The first-order valence-electron chi connectivity index (χ1n) is 8.21. The number of hydrogen-bond donors (Lipinski definition) is 1. The summed E-state index contributed by atoms with van der Waals surface area (Å²) in [5.41, 5.74) is 4.09. The molecule has 6 heteroatoms. The molecule has 3 heterocycles. The van der Waals surface area contributed by atoms with E-state index in [1.165, 1.54) is 16.1 Å². The second-order valence-corrected chi connectivity index (χ2v) is 7.27. The molecule has 0 aliphatic carbocycles. The number of aromatic nitrogens is 4. The topological polar surface area (TPSA) is 63.1 Å². The van der Waals surface area contributed by atoms with Crippen molar-refractivity contribution in [2.45, 2.75) is 26.2 Å². The Labute approximate surface area is 149 Å². The van der Waals surface area contributed by atoms with Gasteiger partial charge in [0.1, 0.15) is 5.69 Å². The van der Waals surface area contributed by atoms with Gasteiger partial charge in [-0.05, 0) is 11.5 Å². The van der Waals surface area contributed by atoms with Gasteiger partial charge >= 0.3 is 0 Å². The maximum absolute atomic E-state index is 12.4. The average molecular weight is 350 g/mol. The van der Waals surface area contributed by atoms with Crippen molar-refractivity contribution in [3.05, 3.63) is 74.5 Å². The second kappa shape index (κ2) is 6.29. The lowest BCUT2D eigenvalue weighted by Crippen LogP contribution is -2.14. The molecule has 3 aromatic heterocycles. The standard InChI is InChI=1S/C19H18N4OS/c1-12(2)14-9-17-20-15(10-19(24)23(17)22-14)16-11-25-18(21-16)8-13-6-4-3-5-7-13/h3-7,9-12,22H,8H2,1-2H3. The third kappa shape index (κ3) is 3.13. The Hall–Kier alpha value is -2.73. The minimum atomic E-state index is -0.121. The first-order chi connectivity index (χ1) is 12.1. The van der Waals surface area contributed by atoms with Gasteiger partial charge in [-0.25, -0.2) is 14.5 Å². The molecule has 0 radical (unpaired) electrons. The highest BCUT2D eigenvalue weighted by atomic mass is 32.1. The molecule has 4 rings (SSSR count). The number of benzene rings is 1. The molecular weight excluding hydrogens is 332 g/mol. The van der Waals surface area contributed by atoms with E-state index in [-0.39, 0.29) is 5.56 Å². The highest BCUT2D eigenvalue weighted by Gasteiger charge is 2.12. The number of nitrogens with one attached hydrogen (secondary N) is 1. The Morgan fingerprint density at radius 1 is 1.12 bits per heavy atom. The molecule has 1 N–H and O–H groups in total. The van der Waals surface area contributed by atoms with E-state index >= 15 is 0 Å². The van der Waals surface area contributed by atoms with Crippen LogP contribution in [0.3, 0.4) is 0 Å². The van der Waals surface area contributed by atoms with Gasteiger partial charge in [-0.15, -0.1) is 11.3 Å². The van der Waals surface area contributed by atoms with Crippen LogP contribution in [-0.2, 0) is 6.42 Å². The normalized spacial score (nSPS) is 11.5. The van der Waals surface area contributed by atoms with Crippen molar-refractivity contribution < 1.29 is 0 Å². The Balaban J connectivity index is 1.69. The number of aromatic amines is 1. The summed E-state index contributed by atoms with van der Waals surface area (Å²) in [6, 6.07) is 13.7. The van der Waals surface area contributed by atoms with Gasteiger partial charge in [0.25, 0.3) is 5.56 Å². The van der Waals surface area contributed by atoms with Crippen LogP contribution in [0.1, 0.15) is 36.0 Å². The summed E-state index contributed by atoms with van der Waals surface area (Å²) in [4.78, 5) is 21.6. The van der Waals surface area contributed by atoms with E-state index in [0.29, 0.717) is 17.3 Å². The predicted molar refractivity (Wildman–Crippen MR) is 100 cm³/mol. The molecule has 0 aliphatic rings. The fourth-order valence-electron chi connectivity index (χ4n) is 2.72. The van der Waals surface area contributed by atoms with E-state index in [1.807, 2.05) is 29.6 Å². The molecule has 25 heavy (non-hydrogen) atoms. The first kappa shape index (κ1) is 15.8. The largest absolute Gasteiger partial charge is 0.293 e. The van der Waals surface area contributed by atoms with Gasteiger partial charge in [0.15, 0.2) is 5.65 Å². The van der Waals surface area contributed by atoms with Crippen LogP contribution in [0.2, 0.25) is 0 Å². The summed E-state index contributed by atoms with van der Waals surface area (Å²) >= 11 is 1.59. The molecule has 5 nitrogen and oxygen atoms in total. The van der Waals surface area contributed by atoms with E-state index in [0.717, 1.165) is 22.8 Å². The molecule has 0 amide bonds. The molecule has 0 spiro atoms. The van der Waals surface area contributed by atoms with Crippen LogP contribution in [0.4, 0.5) is 0 Å². The number of fused-ring (bicyclic) bond motifs is 1. The minimum Gasteiger partial charge on any atom is -0.293 e. The smallest absolute Gasteiger partial charge is 0.273 e. The van der Waals surface area contributed by atoms with E-state index in [4.69, 9.17) is 0 Å². The second-order valence-electron chi connectivity index (χ2n) is 6.33. The van der Waals surface area contributed by atoms with Crippen LogP contribution in [0.25, 0.3) is 17.0 Å². The summed E-state index contributed by atoms with van der Waals surface area (Å²) < 4.78 is 1.48. The van der Waals surface area contributed by atoms with Gasteiger partial charge in [-0.3, -0.25) is 9.89 Å². The van der Waals surface area contributed by atoms with Gasteiger partial charge in [0, 0.05) is 29.6 Å². The summed E-state index contributed by atoms with van der Waals surface area (Å²) in [7, 11) is 0. The quantitative estimate of drug-likeness (QED) is 0.608. The van der Waals surface area contributed by atoms with Crippen molar-refractivity contribution >= 4 is 17.0 Å². The van der Waals surface area contributed by atoms with Crippen molar-refractivity contribution in [3.8, 4) is 11.4 Å². The van der Waals surface area contributed by atoms with E-state index in [9.17, 15) is 4.79 Å². The average Bonchev–Trinajstić information content (AvgIpc) is 3.23. The molecule has 126 valence electrons. The molecule has 0 saturated carbocycles. The third-order valence-corrected chi connectivity index (χ3v) is 4.95. The van der Waals surface area contributed by atoms with Gasteiger partial charge in [-0.2, -0.15) is 0 Å². The van der Waals surface area contributed by atoms with Crippen LogP contribution < -0.4 is 5.56 Å². The number of rotatable bonds is 4. The molecule has 1 aromatic carbocycles. The number of H-pyrrole nitrogens is 1. The van der Waals surface area contributed by atoms with Crippen LogP contribution in [0.5, 0.6) is 0 Å². The summed E-state index contributed by atoms with van der Waals surface area (Å²) in [6.45, 7) is 4.15. The van der Waals surface area contributed by atoms with E-state index < -0.39 is 0 Å². The van der Waals surface area contributed by atoms with Gasteiger partial charge in [-0.1, -0.05) is 44.2 Å². The van der Waals surface area contributed by atoms with Crippen molar-refractivity contribution in [1.29, 1.82) is 0 Å². The fraction of sp³-hybridized carbons (Fsp3) is 0.211. The number of hydrogen-bond acceptors (Lipinski definition) is 4. The summed E-state index contributed by atoms with van der Waals surface area (Å²) in [5.74, 6) is 0.307. The van der Waals surface area contributed by atoms with Crippen LogP contribution >= 0.6 is 11.3 Å². The Morgan fingerprint density at radius 2 is 1.92 bits per heavy atom. The molecule has 0 fully saturated rings. The van der Waals surface area contributed by atoms with E-state index in [2.05, 4.69) is 41.0 Å². The van der Waals surface area contributed by atoms with Crippen molar-refractivity contribution in [2.75, 3.05) is 0 Å². The van der Waals surface area contributed by atoms with Crippen molar-refractivity contribution in [2.24, 2.45) is 0 Å². The SMILES string of the molecule is CC(C)c1cc2nc(-c3csc(Cc4ccccc4)n3)cc(=O)n2[nH]1. The molecule has 4 aromatic rings. The molecule has 0 saturated heterocycles. The Kier molecular flexibility index (Phi) is 3.97. The van der Waals surface area contributed by atoms with Crippen LogP contribution in [0.15, 0.2) is 52.6 Å². The molecule has 0 atom stereocenters. The van der Waals surface area contributed by atoms with Crippen LogP contribution in [-0.4, -0.2) is 19.6 Å². The minimum absolute atomic E-state index is 0.121. The lowest BCUT2D eigenvalue weighted by atomic mass is 10.1. The number of nitrogens with zero attached hydrogens (tertiary/aromatic N) is 3. The van der Waals surface area contributed by atoms with Crippen molar-refractivity contribution in [3.63, 3.8) is 0 Å². The summed E-state index contributed by atoms with van der Waals surface area (Å²) in [6.07, 6.45) is 0.786. The first-order valence-corrected chi connectivity index (χ1v) is 9.09. The Morgan fingerprint density at radius 3 is 2.68 bits per heavy atom. The van der Waals surface area contributed by atoms with Gasteiger partial charge in [0.2, 0.25) is 0 Å². The highest BCUT2D eigenvalue weighted by molar-refractivity contribution is 7.10. The zero-order valence-electron chi connectivity index (χ0n) is 14.1. The Bertz CT molecular complexity index is 1080. The molecule has 0 aliphatic heterocycles. The highest BCUT2D eigenvalue weighted by Crippen LogP contribution is 2.22. The van der Waals surface area contributed by atoms with Gasteiger partial charge in [0.05, 0.1) is 10.7 Å². The van der Waals surface area contributed by atoms with E-state index in [1.54, 1.807) is 11.3 Å². The zero-order valence-corrected chi connectivity index (χ0v) is 14.9. The molecular formula is C19H18N4OS. The maximum atomic E-state index is 12.4. The third-order valence-electron chi connectivity index (χ3n) is 4.10. The van der Waals surface area contributed by atoms with Gasteiger partial charge < -0.3 is 0 Å². The maximum Gasteiger partial charge on any atom is 0.273 e. The number of thiazole rings is 1. The summed E-state index contributed by atoms with van der Waals surface area (Å²) in [5, 5.41) is 6.08. The monoisotopic (exact) mass is 350 g/mol. The van der Waals surface area contributed by atoms with Crippen molar-refractivity contribution in [1.82, 2.24) is 19.6 Å². The zero-order chi connectivity index (χ0) is 17.4. The van der Waals surface area contributed by atoms with Crippen LogP contribution in [0, 0.1) is 0 Å².